The van der Waals surface area contributed by atoms with Crippen molar-refractivity contribution in [3.05, 3.63) is 11.6 Å². The van der Waals surface area contributed by atoms with Gasteiger partial charge in [-0.25, -0.2) is 0 Å². The first-order valence-electron chi connectivity index (χ1n) is 10.6. The van der Waals surface area contributed by atoms with Crippen molar-refractivity contribution in [3.63, 3.8) is 0 Å². The lowest BCUT2D eigenvalue weighted by Gasteiger charge is -2.52. The molecular formula is C24H36. The first-order chi connectivity index (χ1) is 11.4. The molecule has 4 aliphatic rings. The van der Waals surface area contributed by atoms with Gasteiger partial charge in [-0.3, -0.25) is 0 Å². The smallest absolute Gasteiger partial charge is 0.0168 e. The SMILES string of the molecule is CCC1CCCC(C2(C)C3CC4CC#CC4=CC3C(C)C2(C)C)C1. The predicted molar refractivity (Wildman–Crippen MR) is 102 cm³/mol. The fraction of sp³-hybridized carbons (Fsp3) is 0.833. The fourth-order valence-corrected chi connectivity index (χ4v) is 7.29. The van der Waals surface area contributed by atoms with Gasteiger partial charge in [0.15, 0.2) is 0 Å². The number of hydrogen-bond acceptors (Lipinski definition) is 0. The minimum atomic E-state index is 0.436. The summed E-state index contributed by atoms with van der Waals surface area (Å²) in [5, 5.41) is 0. The van der Waals surface area contributed by atoms with Crippen LogP contribution >= 0.6 is 0 Å². The van der Waals surface area contributed by atoms with E-state index in [9.17, 15) is 0 Å². The molecular weight excluding hydrogens is 288 g/mol. The van der Waals surface area contributed by atoms with Crippen LogP contribution in [0.2, 0.25) is 0 Å². The highest BCUT2D eigenvalue weighted by molar-refractivity contribution is 5.41. The lowest BCUT2D eigenvalue weighted by atomic mass is 9.52. The minimum absolute atomic E-state index is 0.436. The molecule has 4 aliphatic carbocycles. The van der Waals surface area contributed by atoms with Crippen LogP contribution in [0.4, 0.5) is 0 Å². The van der Waals surface area contributed by atoms with Gasteiger partial charge in [-0.2, -0.15) is 0 Å². The van der Waals surface area contributed by atoms with Crippen molar-refractivity contribution < 1.29 is 0 Å². The van der Waals surface area contributed by atoms with Gasteiger partial charge < -0.3 is 0 Å². The molecule has 0 aromatic carbocycles. The van der Waals surface area contributed by atoms with Crippen molar-refractivity contribution in [2.45, 2.75) is 79.6 Å². The average molecular weight is 325 g/mol. The molecule has 0 radical (unpaired) electrons. The summed E-state index contributed by atoms with van der Waals surface area (Å²) in [5.74, 6) is 11.9. The maximum Gasteiger partial charge on any atom is 0.0168 e. The normalized spacial score (nSPS) is 49.0. The maximum atomic E-state index is 3.45. The van der Waals surface area contributed by atoms with Crippen LogP contribution in [0.3, 0.4) is 0 Å². The Labute approximate surface area is 149 Å². The van der Waals surface area contributed by atoms with Crippen LogP contribution in [-0.2, 0) is 0 Å². The molecule has 0 aliphatic heterocycles. The molecule has 132 valence electrons. The van der Waals surface area contributed by atoms with E-state index in [1.165, 1.54) is 44.1 Å². The second-order valence-electron chi connectivity index (χ2n) is 10.2. The number of rotatable bonds is 2. The molecule has 24 heavy (non-hydrogen) atoms. The molecule has 0 saturated heterocycles. The van der Waals surface area contributed by atoms with E-state index >= 15 is 0 Å². The van der Waals surface area contributed by atoms with Gasteiger partial charge >= 0.3 is 0 Å². The van der Waals surface area contributed by atoms with E-state index in [4.69, 9.17) is 0 Å². The van der Waals surface area contributed by atoms with E-state index in [0.717, 1.165) is 41.9 Å². The Bertz CT molecular complexity index is 597. The summed E-state index contributed by atoms with van der Waals surface area (Å²) in [6.45, 7) is 12.9. The van der Waals surface area contributed by atoms with Gasteiger partial charge in [-0.1, -0.05) is 71.8 Å². The zero-order valence-electron chi connectivity index (χ0n) is 16.5. The standard InChI is InChI=1S/C24H36/c1-6-17-9-7-12-20(13-17)24(5)22-15-19-11-8-10-18(19)14-21(22)16(2)23(24,3)4/h14,16-17,19-22H,6-7,9,11-13,15H2,1-5H3. The monoisotopic (exact) mass is 324 g/mol. The Morgan fingerprint density at radius 2 is 1.96 bits per heavy atom. The molecule has 0 bridgehead atoms. The van der Waals surface area contributed by atoms with E-state index in [1.54, 1.807) is 0 Å². The largest absolute Gasteiger partial charge is 0.0976 e. The highest BCUT2D eigenvalue weighted by Crippen LogP contribution is 2.70. The summed E-state index contributed by atoms with van der Waals surface area (Å²) in [5.41, 5.74) is 2.43. The van der Waals surface area contributed by atoms with Crippen LogP contribution in [0.1, 0.15) is 79.6 Å². The molecule has 4 rings (SSSR count). The molecule has 0 aromatic heterocycles. The third kappa shape index (κ3) is 2.12. The van der Waals surface area contributed by atoms with Crippen molar-refractivity contribution in [2.24, 2.45) is 46.3 Å². The van der Waals surface area contributed by atoms with E-state index in [1.807, 2.05) is 0 Å². The maximum absolute atomic E-state index is 3.45. The molecule has 0 nitrogen and oxygen atoms in total. The van der Waals surface area contributed by atoms with E-state index in [-0.39, 0.29) is 0 Å². The highest BCUT2D eigenvalue weighted by atomic mass is 14.7. The van der Waals surface area contributed by atoms with Crippen LogP contribution in [0.5, 0.6) is 0 Å². The van der Waals surface area contributed by atoms with Gasteiger partial charge in [-0.05, 0) is 59.7 Å². The molecule has 2 saturated carbocycles. The van der Waals surface area contributed by atoms with Crippen molar-refractivity contribution in [3.8, 4) is 11.8 Å². The van der Waals surface area contributed by atoms with Gasteiger partial charge in [0.05, 0.1) is 0 Å². The second kappa shape index (κ2) is 5.65. The minimum Gasteiger partial charge on any atom is -0.0976 e. The molecule has 7 unspecified atom stereocenters. The fourth-order valence-electron chi connectivity index (χ4n) is 7.29. The third-order valence-corrected chi connectivity index (χ3v) is 9.48. The quantitative estimate of drug-likeness (QED) is 0.511. The van der Waals surface area contributed by atoms with E-state index in [2.05, 4.69) is 52.5 Å². The highest BCUT2D eigenvalue weighted by Gasteiger charge is 2.63. The van der Waals surface area contributed by atoms with Gasteiger partial charge in [0.1, 0.15) is 0 Å². The first-order valence-corrected chi connectivity index (χ1v) is 10.6. The molecule has 0 amide bonds. The molecule has 0 aromatic rings. The van der Waals surface area contributed by atoms with E-state index in [0.29, 0.717) is 10.8 Å². The lowest BCUT2D eigenvalue weighted by Crippen LogP contribution is -2.46. The van der Waals surface area contributed by atoms with Crippen LogP contribution in [0.25, 0.3) is 0 Å². The predicted octanol–water partition coefficient (Wildman–Crippen LogP) is 6.47. The molecule has 2 fully saturated rings. The number of fused-ring (bicyclic) bond motifs is 2. The van der Waals surface area contributed by atoms with Crippen LogP contribution in [0.15, 0.2) is 11.6 Å². The zero-order chi connectivity index (χ0) is 17.1. The lowest BCUT2D eigenvalue weighted by molar-refractivity contribution is -0.0359. The zero-order valence-corrected chi connectivity index (χ0v) is 16.5. The summed E-state index contributed by atoms with van der Waals surface area (Å²) in [6.07, 6.45) is 12.5. The average Bonchev–Trinajstić information content (AvgIpc) is 3.11. The summed E-state index contributed by atoms with van der Waals surface area (Å²) < 4.78 is 0. The van der Waals surface area contributed by atoms with Gasteiger partial charge in [-0.15, -0.1) is 0 Å². The molecule has 0 spiro atoms. The van der Waals surface area contributed by atoms with Gasteiger partial charge in [0.25, 0.3) is 0 Å². The summed E-state index contributed by atoms with van der Waals surface area (Å²) in [6, 6.07) is 0. The second-order valence-corrected chi connectivity index (χ2v) is 10.2. The van der Waals surface area contributed by atoms with Crippen molar-refractivity contribution in [1.82, 2.24) is 0 Å². The summed E-state index contributed by atoms with van der Waals surface area (Å²) >= 11 is 0. The molecule has 0 N–H and O–H groups in total. The molecule has 0 heteroatoms. The Kier molecular flexibility index (Phi) is 3.95. The Hall–Kier alpha value is -0.700. The number of allylic oxidation sites excluding steroid dienone is 2. The van der Waals surface area contributed by atoms with Gasteiger partial charge in [0, 0.05) is 17.9 Å². The summed E-state index contributed by atoms with van der Waals surface area (Å²) in [7, 11) is 0. The van der Waals surface area contributed by atoms with Crippen LogP contribution < -0.4 is 0 Å². The van der Waals surface area contributed by atoms with E-state index < -0.39 is 0 Å². The van der Waals surface area contributed by atoms with Crippen LogP contribution in [0, 0.1) is 58.2 Å². The molecule has 7 atom stereocenters. The first kappa shape index (κ1) is 16.8. The third-order valence-electron chi connectivity index (χ3n) is 9.48. The Balaban J connectivity index is 1.71. The molecule has 0 heterocycles. The Morgan fingerprint density at radius 3 is 2.71 bits per heavy atom. The topological polar surface area (TPSA) is 0 Å². The van der Waals surface area contributed by atoms with Crippen molar-refractivity contribution >= 4 is 0 Å². The number of hydrogen-bond donors (Lipinski definition) is 0. The summed E-state index contributed by atoms with van der Waals surface area (Å²) in [4.78, 5) is 0. The Morgan fingerprint density at radius 1 is 1.17 bits per heavy atom. The van der Waals surface area contributed by atoms with Crippen LogP contribution in [-0.4, -0.2) is 0 Å². The van der Waals surface area contributed by atoms with Gasteiger partial charge in [0.2, 0.25) is 0 Å². The van der Waals surface area contributed by atoms with Crippen molar-refractivity contribution in [1.29, 1.82) is 0 Å². The van der Waals surface area contributed by atoms with Crippen molar-refractivity contribution in [2.75, 3.05) is 0 Å².